The highest BCUT2D eigenvalue weighted by Gasteiger charge is 2.29. The summed E-state index contributed by atoms with van der Waals surface area (Å²) in [5, 5.41) is 16.3. The molecule has 7 heteroatoms. The van der Waals surface area contributed by atoms with Crippen molar-refractivity contribution < 1.29 is 4.79 Å². The van der Waals surface area contributed by atoms with Crippen LogP contribution in [0.15, 0.2) is 0 Å². The summed E-state index contributed by atoms with van der Waals surface area (Å²) in [5.74, 6) is 0.285. The molecule has 0 spiro atoms. The van der Waals surface area contributed by atoms with Gasteiger partial charge in [-0.15, -0.1) is 0 Å². The average Bonchev–Trinajstić information content (AvgIpc) is 2.26. The number of nitrogens with two attached hydrogens (primary N) is 1. The monoisotopic (exact) mass is 204 g/mol. The van der Waals surface area contributed by atoms with E-state index in [1.54, 1.807) is 0 Å². The van der Waals surface area contributed by atoms with Gasteiger partial charge in [0.15, 0.2) is 10.3 Å². The lowest BCUT2D eigenvalue weighted by molar-refractivity contribution is -0.118. The SMILES string of the molecule is N=C(N)SCC1SC(=N)NC1=O. The molecular formula is C5H8N4OS2. The highest BCUT2D eigenvalue weighted by atomic mass is 32.2. The second-order valence-corrected chi connectivity index (χ2v) is 4.37. The highest BCUT2D eigenvalue weighted by molar-refractivity contribution is 8.18. The first-order chi connectivity index (χ1) is 5.59. The Morgan fingerprint density at radius 3 is 2.92 bits per heavy atom. The Balaban J connectivity index is 2.38. The molecule has 1 atom stereocenters. The van der Waals surface area contributed by atoms with Gasteiger partial charge < -0.3 is 11.1 Å². The number of carbonyl (C=O) groups is 1. The van der Waals surface area contributed by atoms with Crippen LogP contribution in [-0.2, 0) is 4.79 Å². The van der Waals surface area contributed by atoms with Crippen molar-refractivity contribution in [1.82, 2.24) is 5.32 Å². The molecular weight excluding hydrogens is 196 g/mol. The van der Waals surface area contributed by atoms with E-state index in [0.717, 1.165) is 11.8 Å². The molecule has 0 radical (unpaired) electrons. The van der Waals surface area contributed by atoms with E-state index in [1.165, 1.54) is 11.8 Å². The summed E-state index contributed by atoms with van der Waals surface area (Å²) in [5.41, 5.74) is 5.10. The van der Waals surface area contributed by atoms with Crippen LogP contribution in [0.25, 0.3) is 0 Å². The Morgan fingerprint density at radius 2 is 2.50 bits per heavy atom. The standard InChI is InChI=1S/C5H8N4OS2/c6-4(7)11-1-2-3(10)9-5(8)12-2/h2H,1H2,(H3,6,7)(H2,8,9,10). The van der Waals surface area contributed by atoms with Crippen LogP contribution in [0.1, 0.15) is 0 Å². The molecule has 0 saturated carbocycles. The Hall–Kier alpha value is -0.690. The fraction of sp³-hybridized carbons (Fsp3) is 0.400. The van der Waals surface area contributed by atoms with E-state index in [9.17, 15) is 4.79 Å². The van der Waals surface area contributed by atoms with Gasteiger partial charge in [-0.2, -0.15) is 0 Å². The van der Waals surface area contributed by atoms with Gasteiger partial charge in [0.1, 0.15) is 5.25 Å². The van der Waals surface area contributed by atoms with Crippen LogP contribution < -0.4 is 11.1 Å². The molecule has 0 bridgehead atoms. The topological polar surface area (TPSA) is 103 Å². The van der Waals surface area contributed by atoms with Crippen LogP contribution >= 0.6 is 23.5 Å². The fourth-order valence-corrected chi connectivity index (χ4v) is 2.26. The number of rotatable bonds is 2. The minimum absolute atomic E-state index is 0.00170. The van der Waals surface area contributed by atoms with E-state index in [-0.39, 0.29) is 21.5 Å². The van der Waals surface area contributed by atoms with Gasteiger partial charge in [0, 0.05) is 5.75 Å². The van der Waals surface area contributed by atoms with E-state index < -0.39 is 0 Å². The molecule has 0 aliphatic carbocycles. The fourth-order valence-electron chi connectivity index (χ4n) is 0.693. The number of amides is 1. The smallest absolute Gasteiger partial charge is 0.240 e. The third-order valence-corrected chi connectivity index (χ3v) is 3.20. The molecule has 1 amide bonds. The van der Waals surface area contributed by atoms with Crippen molar-refractivity contribution in [1.29, 1.82) is 10.8 Å². The first-order valence-corrected chi connectivity index (χ1v) is 4.99. The molecule has 1 aliphatic rings. The number of amidine groups is 2. The highest BCUT2D eigenvalue weighted by Crippen LogP contribution is 2.21. The molecule has 5 N–H and O–H groups in total. The minimum Gasteiger partial charge on any atom is -0.379 e. The summed E-state index contributed by atoms with van der Waals surface area (Å²) in [7, 11) is 0. The molecule has 1 fully saturated rings. The maximum absolute atomic E-state index is 11.0. The number of thioether (sulfide) groups is 2. The number of hydrogen-bond acceptors (Lipinski definition) is 5. The number of hydrogen-bond donors (Lipinski definition) is 4. The molecule has 1 unspecified atom stereocenters. The zero-order valence-corrected chi connectivity index (χ0v) is 7.72. The summed E-state index contributed by atoms with van der Waals surface area (Å²) in [4.78, 5) is 11.0. The van der Waals surface area contributed by atoms with Crippen LogP contribution in [0.4, 0.5) is 0 Å². The number of nitrogens with one attached hydrogen (secondary N) is 3. The lowest BCUT2D eigenvalue weighted by Crippen LogP contribution is -2.26. The molecule has 66 valence electrons. The predicted octanol–water partition coefficient (Wildman–Crippen LogP) is -0.221. The quantitative estimate of drug-likeness (QED) is 0.369. The Labute approximate surface area is 77.9 Å². The lowest BCUT2D eigenvalue weighted by Gasteiger charge is -2.01. The van der Waals surface area contributed by atoms with E-state index in [4.69, 9.17) is 16.6 Å². The first-order valence-electron chi connectivity index (χ1n) is 3.12. The maximum Gasteiger partial charge on any atom is 0.240 e. The normalized spacial score (nSPS) is 22.5. The minimum atomic E-state index is -0.272. The maximum atomic E-state index is 11.0. The zero-order chi connectivity index (χ0) is 9.14. The third kappa shape index (κ3) is 2.42. The van der Waals surface area contributed by atoms with Gasteiger partial charge in [-0.25, -0.2) is 0 Å². The molecule has 1 heterocycles. The summed E-state index contributed by atoms with van der Waals surface area (Å²) < 4.78 is 0. The van der Waals surface area contributed by atoms with Gasteiger partial charge in [-0.1, -0.05) is 23.5 Å². The van der Waals surface area contributed by atoms with Gasteiger partial charge in [0.05, 0.1) is 0 Å². The molecule has 1 rings (SSSR count). The molecule has 0 aromatic rings. The van der Waals surface area contributed by atoms with Crippen LogP contribution in [0.5, 0.6) is 0 Å². The molecule has 5 nitrogen and oxygen atoms in total. The summed E-state index contributed by atoms with van der Waals surface area (Å²) >= 11 is 2.28. The Morgan fingerprint density at radius 1 is 1.83 bits per heavy atom. The molecule has 12 heavy (non-hydrogen) atoms. The van der Waals surface area contributed by atoms with Crippen LogP contribution in [-0.4, -0.2) is 27.2 Å². The largest absolute Gasteiger partial charge is 0.379 e. The van der Waals surface area contributed by atoms with Crippen molar-refractivity contribution in [2.24, 2.45) is 5.73 Å². The van der Waals surface area contributed by atoms with E-state index in [2.05, 4.69) is 5.32 Å². The van der Waals surface area contributed by atoms with Crippen LogP contribution in [0.3, 0.4) is 0 Å². The van der Waals surface area contributed by atoms with Gasteiger partial charge in [-0.05, 0) is 0 Å². The van der Waals surface area contributed by atoms with Crippen LogP contribution in [0.2, 0.25) is 0 Å². The van der Waals surface area contributed by atoms with Crippen molar-refractivity contribution in [3.05, 3.63) is 0 Å². The van der Waals surface area contributed by atoms with Crippen molar-refractivity contribution in [3.63, 3.8) is 0 Å². The van der Waals surface area contributed by atoms with Crippen molar-refractivity contribution in [2.45, 2.75) is 5.25 Å². The van der Waals surface area contributed by atoms with Crippen molar-refractivity contribution >= 4 is 39.8 Å². The summed E-state index contributed by atoms with van der Waals surface area (Å²) in [6, 6.07) is 0. The van der Waals surface area contributed by atoms with E-state index in [1.807, 2.05) is 0 Å². The second kappa shape index (κ2) is 3.81. The zero-order valence-electron chi connectivity index (χ0n) is 6.09. The van der Waals surface area contributed by atoms with Gasteiger partial charge in [-0.3, -0.25) is 15.6 Å². The first kappa shape index (κ1) is 9.40. The molecule has 0 aromatic heterocycles. The van der Waals surface area contributed by atoms with Crippen molar-refractivity contribution in [3.8, 4) is 0 Å². The van der Waals surface area contributed by atoms with E-state index >= 15 is 0 Å². The summed E-state index contributed by atoms with van der Waals surface area (Å²) in [6.07, 6.45) is 0. The van der Waals surface area contributed by atoms with Gasteiger partial charge in [0.25, 0.3) is 0 Å². The van der Waals surface area contributed by atoms with Gasteiger partial charge >= 0.3 is 0 Å². The molecule has 1 saturated heterocycles. The molecule has 0 aromatic carbocycles. The lowest BCUT2D eigenvalue weighted by atomic mass is 10.4. The molecule has 1 aliphatic heterocycles. The van der Waals surface area contributed by atoms with Crippen LogP contribution in [0, 0.1) is 10.8 Å². The summed E-state index contributed by atoms with van der Waals surface area (Å²) in [6.45, 7) is 0. The Kier molecular flexibility index (Phi) is 2.99. The van der Waals surface area contributed by atoms with Gasteiger partial charge in [0.2, 0.25) is 5.91 Å². The third-order valence-electron chi connectivity index (χ3n) is 1.18. The average molecular weight is 204 g/mol. The predicted molar refractivity (Wildman–Crippen MR) is 51.6 cm³/mol. The Bertz CT molecular complexity index is 242. The number of carbonyl (C=O) groups excluding carboxylic acids is 1. The van der Waals surface area contributed by atoms with Crippen molar-refractivity contribution in [2.75, 3.05) is 5.75 Å². The van der Waals surface area contributed by atoms with E-state index in [0.29, 0.717) is 5.75 Å². The second-order valence-electron chi connectivity index (χ2n) is 2.10.